The summed E-state index contributed by atoms with van der Waals surface area (Å²) in [6.07, 6.45) is 0. The van der Waals surface area contributed by atoms with Crippen LogP contribution in [0.2, 0.25) is 0 Å². The van der Waals surface area contributed by atoms with Gasteiger partial charge in [0.05, 0.1) is 12.0 Å². The second-order valence-electron chi connectivity index (χ2n) is 5.07. The number of ether oxygens (including phenoxy) is 1. The summed E-state index contributed by atoms with van der Waals surface area (Å²) in [5.41, 5.74) is 1.71. The van der Waals surface area contributed by atoms with E-state index < -0.39 is 10.0 Å². The summed E-state index contributed by atoms with van der Waals surface area (Å²) in [5.74, 6) is 0.756. The number of carbonyl (C=O) groups excluding carboxylic acids is 1. The van der Waals surface area contributed by atoms with Crippen molar-refractivity contribution in [3.8, 4) is 5.75 Å². The van der Waals surface area contributed by atoms with Crippen LogP contribution >= 0.6 is 0 Å². The number of carbonyl (C=O) groups is 1. The highest BCUT2D eigenvalue weighted by Crippen LogP contribution is 2.11. The fraction of sp³-hybridized carbons (Fsp3) is 0.188. The summed E-state index contributed by atoms with van der Waals surface area (Å²) >= 11 is 0. The molecule has 2 aromatic carbocycles. The molecule has 24 heavy (non-hydrogen) atoms. The van der Waals surface area contributed by atoms with Crippen LogP contribution in [0.25, 0.3) is 0 Å². The zero-order valence-corrected chi connectivity index (χ0v) is 14.0. The van der Waals surface area contributed by atoms with Gasteiger partial charge in [-0.05, 0) is 35.4 Å². The zero-order chi connectivity index (χ0) is 17.6. The number of urea groups is 1. The van der Waals surface area contributed by atoms with Crippen LogP contribution < -0.4 is 20.5 Å². The van der Waals surface area contributed by atoms with Crippen molar-refractivity contribution in [2.75, 3.05) is 7.11 Å². The van der Waals surface area contributed by atoms with Crippen molar-refractivity contribution in [1.82, 2.24) is 10.6 Å². The van der Waals surface area contributed by atoms with Gasteiger partial charge >= 0.3 is 6.03 Å². The molecule has 0 atom stereocenters. The lowest BCUT2D eigenvalue weighted by Gasteiger charge is -2.09. The van der Waals surface area contributed by atoms with Crippen LogP contribution in [-0.2, 0) is 23.1 Å². The van der Waals surface area contributed by atoms with Crippen LogP contribution in [0, 0.1) is 0 Å². The number of amides is 2. The Kier molecular flexibility index (Phi) is 5.78. The van der Waals surface area contributed by atoms with E-state index in [1.54, 1.807) is 19.2 Å². The SMILES string of the molecule is COc1ccc(CNC(=O)NCc2ccc(S(N)(=O)=O)cc2)cc1. The molecule has 0 spiro atoms. The van der Waals surface area contributed by atoms with Crippen molar-refractivity contribution in [3.05, 3.63) is 59.7 Å². The van der Waals surface area contributed by atoms with Crippen molar-refractivity contribution in [1.29, 1.82) is 0 Å². The molecule has 0 heterocycles. The lowest BCUT2D eigenvalue weighted by Crippen LogP contribution is -2.34. The number of primary sulfonamides is 1. The first-order valence-corrected chi connectivity index (χ1v) is 8.69. The average Bonchev–Trinajstić information content (AvgIpc) is 2.58. The first kappa shape index (κ1) is 17.8. The van der Waals surface area contributed by atoms with Gasteiger partial charge in [0.15, 0.2) is 0 Å². The number of nitrogens with two attached hydrogens (primary N) is 1. The fourth-order valence-electron chi connectivity index (χ4n) is 1.97. The molecule has 0 aliphatic rings. The third-order valence-corrected chi connectivity index (χ3v) is 4.25. The van der Waals surface area contributed by atoms with Gasteiger partial charge in [0.1, 0.15) is 5.75 Å². The summed E-state index contributed by atoms with van der Waals surface area (Å²) in [6.45, 7) is 0.666. The predicted molar refractivity (Wildman–Crippen MR) is 89.9 cm³/mol. The van der Waals surface area contributed by atoms with Crippen molar-refractivity contribution < 1.29 is 17.9 Å². The summed E-state index contributed by atoms with van der Waals surface area (Å²) in [7, 11) is -2.11. The minimum Gasteiger partial charge on any atom is -0.497 e. The molecule has 2 amide bonds. The number of sulfonamides is 1. The van der Waals surface area contributed by atoms with Crippen molar-refractivity contribution >= 4 is 16.1 Å². The second kappa shape index (κ2) is 7.80. The molecule has 8 heteroatoms. The largest absolute Gasteiger partial charge is 0.497 e. The first-order valence-electron chi connectivity index (χ1n) is 7.15. The maximum atomic E-state index is 11.8. The van der Waals surface area contributed by atoms with E-state index in [0.29, 0.717) is 6.54 Å². The summed E-state index contributed by atoms with van der Waals surface area (Å²) in [6, 6.07) is 13.1. The predicted octanol–water partition coefficient (Wildman–Crippen LogP) is 1.34. The van der Waals surface area contributed by atoms with Gasteiger partial charge in [-0.3, -0.25) is 0 Å². The summed E-state index contributed by atoms with van der Waals surface area (Å²) in [4.78, 5) is 11.8. The Morgan fingerprint density at radius 2 is 1.42 bits per heavy atom. The van der Waals surface area contributed by atoms with Crippen LogP contribution in [0.3, 0.4) is 0 Å². The summed E-state index contributed by atoms with van der Waals surface area (Å²) < 4.78 is 27.4. The van der Waals surface area contributed by atoms with Crippen molar-refractivity contribution in [3.63, 3.8) is 0 Å². The number of hydrogen-bond donors (Lipinski definition) is 3. The van der Waals surface area contributed by atoms with Crippen molar-refractivity contribution in [2.24, 2.45) is 5.14 Å². The van der Waals surface area contributed by atoms with Gasteiger partial charge in [0.2, 0.25) is 10.0 Å². The van der Waals surface area contributed by atoms with Crippen LogP contribution in [0.4, 0.5) is 4.79 Å². The molecular formula is C16H19N3O4S. The Morgan fingerprint density at radius 3 is 1.83 bits per heavy atom. The molecule has 4 N–H and O–H groups in total. The molecule has 0 saturated heterocycles. The van der Waals surface area contributed by atoms with E-state index in [0.717, 1.165) is 16.9 Å². The normalized spacial score (nSPS) is 10.9. The molecule has 7 nitrogen and oxygen atoms in total. The number of nitrogens with one attached hydrogen (secondary N) is 2. The van der Waals surface area contributed by atoms with E-state index in [-0.39, 0.29) is 17.5 Å². The molecule has 0 aromatic heterocycles. The van der Waals surface area contributed by atoms with E-state index in [4.69, 9.17) is 9.88 Å². The van der Waals surface area contributed by atoms with E-state index in [2.05, 4.69) is 10.6 Å². The number of rotatable bonds is 6. The molecule has 0 bridgehead atoms. The van der Waals surface area contributed by atoms with Gasteiger partial charge in [0.25, 0.3) is 0 Å². The van der Waals surface area contributed by atoms with Gasteiger partial charge in [-0.25, -0.2) is 18.4 Å². The highest BCUT2D eigenvalue weighted by Gasteiger charge is 2.07. The van der Waals surface area contributed by atoms with E-state index >= 15 is 0 Å². The van der Waals surface area contributed by atoms with Crippen LogP contribution in [0.1, 0.15) is 11.1 Å². The quantitative estimate of drug-likeness (QED) is 0.731. The number of methoxy groups -OCH3 is 1. The molecule has 0 unspecified atom stereocenters. The van der Waals surface area contributed by atoms with E-state index in [9.17, 15) is 13.2 Å². The Morgan fingerprint density at radius 1 is 0.958 bits per heavy atom. The third-order valence-electron chi connectivity index (χ3n) is 3.32. The van der Waals surface area contributed by atoms with Crippen molar-refractivity contribution in [2.45, 2.75) is 18.0 Å². The molecule has 0 aliphatic carbocycles. The van der Waals surface area contributed by atoms with Gasteiger partial charge < -0.3 is 15.4 Å². The highest BCUT2D eigenvalue weighted by molar-refractivity contribution is 7.89. The Hall–Kier alpha value is -2.58. The fourth-order valence-corrected chi connectivity index (χ4v) is 2.48. The molecule has 0 aliphatic heterocycles. The van der Waals surface area contributed by atoms with Gasteiger partial charge in [0, 0.05) is 13.1 Å². The van der Waals surface area contributed by atoms with Crippen LogP contribution in [0.15, 0.2) is 53.4 Å². The number of benzene rings is 2. The minimum atomic E-state index is -3.70. The molecule has 2 rings (SSSR count). The Bertz CT molecular complexity index is 787. The standard InChI is InChI=1S/C16H19N3O4S/c1-23-14-6-2-12(3-7-14)10-18-16(20)19-11-13-4-8-15(9-5-13)24(17,21)22/h2-9H,10-11H2,1H3,(H2,17,21,22)(H2,18,19,20). The zero-order valence-electron chi connectivity index (χ0n) is 13.2. The average molecular weight is 349 g/mol. The molecule has 0 saturated carbocycles. The number of hydrogen-bond acceptors (Lipinski definition) is 4. The Balaban J connectivity index is 1.80. The molecule has 0 radical (unpaired) electrons. The van der Waals surface area contributed by atoms with E-state index in [1.807, 2.05) is 24.3 Å². The van der Waals surface area contributed by atoms with Gasteiger partial charge in [-0.2, -0.15) is 0 Å². The maximum Gasteiger partial charge on any atom is 0.315 e. The second-order valence-corrected chi connectivity index (χ2v) is 6.63. The molecule has 0 fully saturated rings. The lowest BCUT2D eigenvalue weighted by molar-refractivity contribution is 0.240. The molecular weight excluding hydrogens is 330 g/mol. The molecule has 2 aromatic rings. The third kappa shape index (κ3) is 5.25. The van der Waals surface area contributed by atoms with Gasteiger partial charge in [-0.1, -0.05) is 24.3 Å². The lowest BCUT2D eigenvalue weighted by atomic mass is 10.2. The smallest absolute Gasteiger partial charge is 0.315 e. The van der Waals surface area contributed by atoms with Gasteiger partial charge in [-0.15, -0.1) is 0 Å². The monoisotopic (exact) mass is 349 g/mol. The topological polar surface area (TPSA) is 111 Å². The first-order chi connectivity index (χ1) is 11.4. The summed E-state index contributed by atoms with van der Waals surface area (Å²) in [5, 5.41) is 10.5. The van der Waals surface area contributed by atoms with Crippen LogP contribution in [0.5, 0.6) is 5.75 Å². The minimum absolute atomic E-state index is 0.0372. The van der Waals surface area contributed by atoms with E-state index in [1.165, 1.54) is 12.1 Å². The highest BCUT2D eigenvalue weighted by atomic mass is 32.2. The van der Waals surface area contributed by atoms with Crippen LogP contribution in [-0.4, -0.2) is 21.6 Å². The molecule has 128 valence electrons. The Labute approximate surface area is 140 Å². The maximum absolute atomic E-state index is 11.8.